The normalized spacial score (nSPS) is 11.2. The molecule has 0 saturated carbocycles. The average Bonchev–Trinajstić information content (AvgIpc) is 3.36. The standard InChI is InChI=1S/C26H21ClN4O4/c1-35-26(34)23(14-18-6-2-3-11-28-18)31-25(33)20-9-8-16(13-21(20)27)24(32)30-15-17-5-4-7-22-19(17)10-12-29-22/h2-14,29H,15H2,1H3,(H,30,32)(H,31,33). The van der Waals surface area contributed by atoms with E-state index in [1.165, 1.54) is 31.4 Å². The molecule has 0 aliphatic carbocycles. The molecule has 8 nitrogen and oxygen atoms in total. The lowest BCUT2D eigenvalue weighted by Gasteiger charge is -2.11. The van der Waals surface area contributed by atoms with Crippen LogP contribution in [0.15, 0.2) is 78.8 Å². The van der Waals surface area contributed by atoms with Crippen LogP contribution in [-0.4, -0.2) is 34.9 Å². The van der Waals surface area contributed by atoms with Crippen molar-refractivity contribution >= 4 is 46.4 Å². The van der Waals surface area contributed by atoms with E-state index in [1.54, 1.807) is 24.4 Å². The van der Waals surface area contributed by atoms with Crippen LogP contribution in [0.3, 0.4) is 0 Å². The number of hydrogen-bond donors (Lipinski definition) is 3. The molecule has 4 rings (SSSR count). The van der Waals surface area contributed by atoms with Crippen molar-refractivity contribution in [3.63, 3.8) is 0 Å². The van der Waals surface area contributed by atoms with Gasteiger partial charge in [0.2, 0.25) is 0 Å². The molecule has 2 amide bonds. The van der Waals surface area contributed by atoms with E-state index in [9.17, 15) is 14.4 Å². The van der Waals surface area contributed by atoms with Gasteiger partial charge in [-0.2, -0.15) is 0 Å². The van der Waals surface area contributed by atoms with Gasteiger partial charge in [-0.05, 0) is 54.1 Å². The summed E-state index contributed by atoms with van der Waals surface area (Å²) in [6.07, 6.45) is 4.79. The number of nitrogens with zero attached hydrogens (tertiary/aromatic N) is 1. The summed E-state index contributed by atoms with van der Waals surface area (Å²) in [5, 5.41) is 6.45. The Kier molecular flexibility index (Phi) is 7.23. The Hall–Kier alpha value is -4.43. The summed E-state index contributed by atoms with van der Waals surface area (Å²) in [6.45, 7) is 0.328. The van der Waals surface area contributed by atoms with Crippen LogP contribution < -0.4 is 10.6 Å². The second kappa shape index (κ2) is 10.7. The predicted molar refractivity (Wildman–Crippen MR) is 133 cm³/mol. The number of nitrogens with one attached hydrogen (secondary N) is 3. The first kappa shape index (κ1) is 23.7. The Morgan fingerprint density at radius 3 is 2.66 bits per heavy atom. The summed E-state index contributed by atoms with van der Waals surface area (Å²) >= 11 is 6.31. The topological polar surface area (TPSA) is 113 Å². The molecule has 35 heavy (non-hydrogen) atoms. The van der Waals surface area contributed by atoms with E-state index in [0.29, 0.717) is 17.8 Å². The molecule has 3 N–H and O–H groups in total. The van der Waals surface area contributed by atoms with Crippen LogP contribution >= 0.6 is 11.6 Å². The van der Waals surface area contributed by atoms with Crippen LogP contribution in [0.25, 0.3) is 17.0 Å². The number of amides is 2. The molecule has 2 heterocycles. The smallest absolute Gasteiger partial charge is 0.354 e. The molecular formula is C26H21ClN4O4. The highest BCUT2D eigenvalue weighted by Gasteiger charge is 2.19. The minimum atomic E-state index is -0.742. The second-order valence-electron chi connectivity index (χ2n) is 7.49. The quantitative estimate of drug-likeness (QED) is 0.268. The maximum Gasteiger partial charge on any atom is 0.354 e. The molecule has 0 aliphatic heterocycles. The predicted octanol–water partition coefficient (Wildman–Crippen LogP) is 4.09. The van der Waals surface area contributed by atoms with Crippen LogP contribution in [0.4, 0.5) is 0 Å². The number of methoxy groups -OCH3 is 1. The van der Waals surface area contributed by atoms with Crippen LogP contribution in [0, 0.1) is 0 Å². The highest BCUT2D eigenvalue weighted by atomic mass is 35.5. The van der Waals surface area contributed by atoms with Crippen molar-refractivity contribution in [3.8, 4) is 0 Å². The summed E-state index contributed by atoms with van der Waals surface area (Å²) in [5.41, 5.74) is 2.70. The van der Waals surface area contributed by atoms with E-state index < -0.39 is 11.9 Å². The summed E-state index contributed by atoms with van der Waals surface area (Å²) in [4.78, 5) is 44.9. The molecule has 0 saturated heterocycles. The molecule has 176 valence electrons. The van der Waals surface area contributed by atoms with E-state index in [-0.39, 0.29) is 22.2 Å². The Labute approximate surface area is 206 Å². The molecule has 2 aromatic carbocycles. The first-order valence-electron chi connectivity index (χ1n) is 10.6. The number of hydrogen-bond acceptors (Lipinski definition) is 5. The zero-order chi connectivity index (χ0) is 24.8. The third kappa shape index (κ3) is 5.56. The molecule has 0 aliphatic rings. The lowest BCUT2D eigenvalue weighted by atomic mass is 10.1. The monoisotopic (exact) mass is 488 g/mol. The van der Waals surface area contributed by atoms with E-state index in [1.807, 2.05) is 30.5 Å². The van der Waals surface area contributed by atoms with Gasteiger partial charge in [0.25, 0.3) is 11.8 Å². The average molecular weight is 489 g/mol. The summed E-state index contributed by atoms with van der Waals surface area (Å²) in [7, 11) is 1.21. The maximum absolute atomic E-state index is 12.8. The number of aromatic amines is 1. The number of esters is 1. The zero-order valence-electron chi connectivity index (χ0n) is 18.7. The maximum atomic E-state index is 12.8. The van der Waals surface area contributed by atoms with E-state index in [4.69, 9.17) is 16.3 Å². The minimum absolute atomic E-state index is 0.0601. The number of carbonyl (C=O) groups excluding carboxylic acids is 3. The fraction of sp³-hybridized carbons (Fsp3) is 0.0769. The van der Waals surface area contributed by atoms with Crippen molar-refractivity contribution in [2.45, 2.75) is 6.54 Å². The number of H-pyrrole nitrogens is 1. The van der Waals surface area contributed by atoms with E-state index in [2.05, 4.69) is 20.6 Å². The number of rotatable bonds is 7. The van der Waals surface area contributed by atoms with Crippen molar-refractivity contribution in [3.05, 3.63) is 106 Å². The van der Waals surface area contributed by atoms with Crippen molar-refractivity contribution in [2.75, 3.05) is 7.11 Å². The SMILES string of the molecule is COC(=O)C(=Cc1ccccn1)NC(=O)c1ccc(C(=O)NCc2cccc3[nH]ccc23)cc1Cl. The Balaban J connectivity index is 1.47. The highest BCUT2D eigenvalue weighted by Crippen LogP contribution is 2.20. The van der Waals surface area contributed by atoms with Crippen molar-refractivity contribution in [1.29, 1.82) is 0 Å². The van der Waals surface area contributed by atoms with Crippen molar-refractivity contribution in [1.82, 2.24) is 20.6 Å². The Morgan fingerprint density at radius 2 is 1.91 bits per heavy atom. The first-order chi connectivity index (χ1) is 17.0. The van der Waals surface area contributed by atoms with Crippen LogP contribution in [0.1, 0.15) is 32.0 Å². The number of carbonyl (C=O) groups is 3. The summed E-state index contributed by atoms with van der Waals surface area (Å²) in [6, 6.07) is 17.2. The number of aromatic nitrogens is 2. The number of pyridine rings is 1. The van der Waals surface area contributed by atoms with Gasteiger partial charge in [-0.1, -0.05) is 29.8 Å². The first-order valence-corrected chi connectivity index (χ1v) is 11.0. The molecule has 4 aromatic rings. The van der Waals surface area contributed by atoms with Gasteiger partial charge in [0, 0.05) is 35.4 Å². The zero-order valence-corrected chi connectivity index (χ0v) is 19.4. The number of benzene rings is 2. The highest BCUT2D eigenvalue weighted by molar-refractivity contribution is 6.34. The largest absolute Gasteiger partial charge is 0.464 e. The summed E-state index contributed by atoms with van der Waals surface area (Å²) in [5.74, 6) is -1.71. The summed E-state index contributed by atoms with van der Waals surface area (Å²) < 4.78 is 4.75. The van der Waals surface area contributed by atoms with Gasteiger partial charge in [0.1, 0.15) is 5.70 Å². The van der Waals surface area contributed by atoms with Crippen molar-refractivity contribution in [2.24, 2.45) is 0 Å². The molecule has 0 unspecified atom stereocenters. The van der Waals surface area contributed by atoms with Gasteiger partial charge in [-0.3, -0.25) is 14.6 Å². The third-order valence-corrected chi connectivity index (χ3v) is 5.55. The molecule has 0 spiro atoms. The molecule has 0 radical (unpaired) electrons. The molecule has 0 atom stereocenters. The Morgan fingerprint density at radius 1 is 1.06 bits per heavy atom. The van der Waals surface area contributed by atoms with Crippen LogP contribution in [-0.2, 0) is 16.1 Å². The molecule has 2 aromatic heterocycles. The van der Waals surface area contributed by atoms with Crippen molar-refractivity contribution < 1.29 is 19.1 Å². The molecule has 0 fully saturated rings. The number of fused-ring (bicyclic) bond motifs is 1. The van der Waals surface area contributed by atoms with Crippen LogP contribution in [0.5, 0.6) is 0 Å². The third-order valence-electron chi connectivity index (χ3n) is 5.23. The number of halogens is 1. The van der Waals surface area contributed by atoms with Gasteiger partial charge < -0.3 is 20.4 Å². The van der Waals surface area contributed by atoms with Crippen LogP contribution in [0.2, 0.25) is 5.02 Å². The fourth-order valence-electron chi connectivity index (χ4n) is 3.48. The lowest BCUT2D eigenvalue weighted by molar-refractivity contribution is -0.136. The van der Waals surface area contributed by atoms with E-state index >= 15 is 0 Å². The minimum Gasteiger partial charge on any atom is -0.464 e. The van der Waals surface area contributed by atoms with Gasteiger partial charge in [0.15, 0.2) is 0 Å². The molecule has 0 bridgehead atoms. The fourth-order valence-corrected chi connectivity index (χ4v) is 3.74. The second-order valence-corrected chi connectivity index (χ2v) is 7.90. The Bertz CT molecular complexity index is 1430. The van der Waals surface area contributed by atoms with E-state index in [0.717, 1.165) is 16.5 Å². The van der Waals surface area contributed by atoms with Gasteiger partial charge in [-0.15, -0.1) is 0 Å². The molecule has 9 heteroatoms. The molecular weight excluding hydrogens is 468 g/mol. The lowest BCUT2D eigenvalue weighted by Crippen LogP contribution is -2.28. The van der Waals surface area contributed by atoms with Gasteiger partial charge >= 0.3 is 5.97 Å². The van der Waals surface area contributed by atoms with Gasteiger partial charge in [0.05, 0.1) is 23.4 Å². The van der Waals surface area contributed by atoms with Gasteiger partial charge in [-0.25, -0.2) is 4.79 Å². The number of ether oxygens (including phenoxy) is 1.